The van der Waals surface area contributed by atoms with Crippen LogP contribution in [-0.4, -0.2) is 119 Å². The maximum atomic E-state index is 13.6. The molecule has 2 aliphatic rings. The van der Waals surface area contributed by atoms with Gasteiger partial charge >= 0.3 is 0 Å². The number of ether oxygens (including phenoxy) is 4. The number of aliphatic hydroxyl groups excluding tert-OH is 6. The van der Waals surface area contributed by atoms with Crippen LogP contribution in [0.2, 0.25) is 0 Å². The third-order valence-electron chi connectivity index (χ3n) is 7.23. The van der Waals surface area contributed by atoms with Crippen LogP contribution in [-0.2, 0) is 14.2 Å². The van der Waals surface area contributed by atoms with Crippen LogP contribution in [0.15, 0.2) is 39.5 Å². The molecule has 234 valence electrons. The number of phenols is 4. The first-order valence-corrected chi connectivity index (χ1v) is 13.0. The van der Waals surface area contributed by atoms with Crippen molar-refractivity contribution in [1.82, 2.24) is 0 Å². The average molecular weight is 611 g/mol. The quantitative estimate of drug-likeness (QED) is 0.134. The van der Waals surface area contributed by atoms with Gasteiger partial charge < -0.3 is 74.4 Å². The van der Waals surface area contributed by atoms with Crippen LogP contribution < -0.4 is 10.2 Å². The molecule has 3 heterocycles. The topological polar surface area (TPSA) is 269 Å². The Hall–Kier alpha value is -3.71. The Morgan fingerprint density at radius 1 is 0.860 bits per heavy atom. The van der Waals surface area contributed by atoms with E-state index in [9.17, 15) is 55.9 Å². The van der Waals surface area contributed by atoms with E-state index in [2.05, 4.69) is 0 Å². The molecule has 2 aliphatic heterocycles. The Labute approximate surface area is 241 Å². The van der Waals surface area contributed by atoms with Crippen molar-refractivity contribution in [2.75, 3.05) is 6.61 Å². The molecule has 2 saturated heterocycles. The van der Waals surface area contributed by atoms with E-state index in [0.29, 0.717) is 0 Å². The zero-order valence-corrected chi connectivity index (χ0v) is 22.3. The van der Waals surface area contributed by atoms with Gasteiger partial charge in [-0.25, -0.2) is 0 Å². The van der Waals surface area contributed by atoms with Gasteiger partial charge in [0.05, 0.1) is 12.7 Å². The third-order valence-corrected chi connectivity index (χ3v) is 7.23. The van der Waals surface area contributed by atoms with Crippen molar-refractivity contribution in [2.45, 2.75) is 68.3 Å². The first-order valence-electron chi connectivity index (χ1n) is 13.0. The molecule has 2 fully saturated rings. The van der Waals surface area contributed by atoms with E-state index in [0.717, 1.165) is 24.3 Å². The standard InChI is InChI=1S/C27H30O16/c1-8(29)22-18(35)20(37)27(41-22)42-24-15(7-28)40-26(21(38)19(24)36)43-25-17(34)16-13(33)5-10(30)6-14(16)39-23(25)9-2-3-11(31)12(32)4-9/h2-6,8,15,18-22,24,26-33,35-38H,7H2,1H3. The molecular weight excluding hydrogens is 580 g/mol. The number of fused-ring (bicyclic) bond motifs is 1. The second-order valence-corrected chi connectivity index (χ2v) is 10.2. The minimum Gasteiger partial charge on any atom is -0.508 e. The van der Waals surface area contributed by atoms with E-state index in [-0.39, 0.29) is 11.1 Å². The highest BCUT2D eigenvalue weighted by molar-refractivity contribution is 5.88. The molecule has 0 radical (unpaired) electrons. The number of benzene rings is 2. The number of phenolic OH excluding ortho intramolecular Hbond substituents is 4. The fraction of sp³-hybridized carbons (Fsp3) is 0.444. The summed E-state index contributed by atoms with van der Waals surface area (Å²) < 4.78 is 27.9. The predicted octanol–water partition coefficient (Wildman–Crippen LogP) is -1.69. The molecule has 5 rings (SSSR count). The van der Waals surface area contributed by atoms with E-state index in [4.69, 9.17) is 23.4 Å². The van der Waals surface area contributed by atoms with Crippen molar-refractivity contribution in [2.24, 2.45) is 0 Å². The summed E-state index contributed by atoms with van der Waals surface area (Å²) in [5.41, 5.74) is -1.35. The highest BCUT2D eigenvalue weighted by atomic mass is 16.7. The summed E-state index contributed by atoms with van der Waals surface area (Å²) >= 11 is 0. The van der Waals surface area contributed by atoms with Gasteiger partial charge in [-0.2, -0.15) is 0 Å². The second kappa shape index (κ2) is 11.8. The highest BCUT2D eigenvalue weighted by Gasteiger charge is 2.52. The van der Waals surface area contributed by atoms with Crippen LogP contribution in [0.25, 0.3) is 22.3 Å². The highest BCUT2D eigenvalue weighted by Crippen LogP contribution is 2.40. The maximum absolute atomic E-state index is 13.6. The molecule has 2 aromatic carbocycles. The molecule has 10 unspecified atom stereocenters. The molecule has 0 saturated carbocycles. The summed E-state index contributed by atoms with van der Waals surface area (Å²) in [5, 5.41) is 102. The minimum atomic E-state index is -1.99. The number of hydrogen-bond acceptors (Lipinski definition) is 16. The summed E-state index contributed by atoms with van der Waals surface area (Å²) in [4.78, 5) is 13.6. The first kappa shape index (κ1) is 30.7. The lowest BCUT2D eigenvalue weighted by Crippen LogP contribution is -2.62. The smallest absolute Gasteiger partial charge is 0.239 e. The van der Waals surface area contributed by atoms with Crippen molar-refractivity contribution >= 4 is 11.0 Å². The van der Waals surface area contributed by atoms with Gasteiger partial charge in [-0.3, -0.25) is 4.79 Å². The molecule has 0 spiro atoms. The van der Waals surface area contributed by atoms with Crippen LogP contribution in [0.4, 0.5) is 0 Å². The number of rotatable bonds is 7. The van der Waals surface area contributed by atoms with E-state index >= 15 is 0 Å². The molecular formula is C27H30O16. The van der Waals surface area contributed by atoms with Crippen molar-refractivity contribution in [1.29, 1.82) is 0 Å². The Morgan fingerprint density at radius 2 is 1.56 bits per heavy atom. The molecule has 0 amide bonds. The van der Waals surface area contributed by atoms with Crippen LogP contribution >= 0.6 is 0 Å². The Balaban J connectivity index is 1.49. The van der Waals surface area contributed by atoms with Gasteiger partial charge in [-0.05, 0) is 25.1 Å². The zero-order chi connectivity index (χ0) is 31.3. The Kier molecular flexibility index (Phi) is 8.41. The van der Waals surface area contributed by atoms with Crippen molar-refractivity contribution in [3.63, 3.8) is 0 Å². The molecule has 16 nitrogen and oxygen atoms in total. The van der Waals surface area contributed by atoms with Gasteiger partial charge in [0.2, 0.25) is 17.5 Å². The molecule has 1 aromatic heterocycles. The monoisotopic (exact) mass is 610 g/mol. The third kappa shape index (κ3) is 5.55. The fourth-order valence-corrected chi connectivity index (χ4v) is 5.00. The van der Waals surface area contributed by atoms with Crippen molar-refractivity contribution in [3.05, 3.63) is 40.6 Å². The zero-order valence-electron chi connectivity index (χ0n) is 22.3. The average Bonchev–Trinajstić information content (AvgIpc) is 3.23. The van der Waals surface area contributed by atoms with E-state index in [1.54, 1.807) is 0 Å². The summed E-state index contributed by atoms with van der Waals surface area (Å²) in [6.45, 7) is 0.466. The van der Waals surface area contributed by atoms with Gasteiger partial charge in [-0.15, -0.1) is 0 Å². The second-order valence-electron chi connectivity index (χ2n) is 10.2. The van der Waals surface area contributed by atoms with E-state index < -0.39 is 113 Å². The number of aromatic hydroxyl groups is 4. The van der Waals surface area contributed by atoms with Gasteiger partial charge in [0.15, 0.2) is 23.5 Å². The Bertz CT molecular complexity index is 1540. The van der Waals surface area contributed by atoms with E-state index in [1.807, 2.05) is 0 Å². The summed E-state index contributed by atoms with van der Waals surface area (Å²) in [6.07, 6.45) is -16.1. The fourth-order valence-electron chi connectivity index (χ4n) is 5.00. The molecule has 43 heavy (non-hydrogen) atoms. The molecule has 0 aliphatic carbocycles. The van der Waals surface area contributed by atoms with Crippen molar-refractivity contribution in [3.8, 4) is 40.1 Å². The largest absolute Gasteiger partial charge is 0.508 e. The van der Waals surface area contributed by atoms with Gasteiger partial charge in [-0.1, -0.05) is 0 Å². The molecule has 3 aromatic rings. The normalized spacial score (nSPS) is 31.7. The lowest BCUT2D eigenvalue weighted by molar-refractivity contribution is -0.315. The SMILES string of the molecule is CC(O)C1OC(OC2C(CO)OC(Oc3c(-c4ccc(O)c(O)c4)oc4cc(O)cc(O)c4c3=O)C(O)C2O)C(O)C1O. The number of aliphatic hydroxyl groups is 6. The van der Waals surface area contributed by atoms with Crippen LogP contribution in [0.1, 0.15) is 6.92 Å². The first-order chi connectivity index (χ1) is 20.3. The summed E-state index contributed by atoms with van der Waals surface area (Å²) in [7, 11) is 0. The predicted molar refractivity (Wildman–Crippen MR) is 140 cm³/mol. The molecule has 16 heteroatoms. The summed E-state index contributed by atoms with van der Waals surface area (Å²) in [6, 6.07) is 5.24. The van der Waals surface area contributed by atoms with Gasteiger partial charge in [0, 0.05) is 17.7 Å². The Morgan fingerprint density at radius 3 is 2.19 bits per heavy atom. The van der Waals surface area contributed by atoms with Crippen LogP contribution in [0, 0.1) is 0 Å². The minimum absolute atomic E-state index is 0.0310. The van der Waals surface area contributed by atoms with Crippen molar-refractivity contribution < 1.29 is 74.4 Å². The van der Waals surface area contributed by atoms with E-state index in [1.165, 1.54) is 13.0 Å². The molecule has 0 bridgehead atoms. The lowest BCUT2D eigenvalue weighted by atomic mass is 9.98. The maximum Gasteiger partial charge on any atom is 0.239 e. The molecule has 10 atom stereocenters. The van der Waals surface area contributed by atoms with Crippen LogP contribution in [0.3, 0.4) is 0 Å². The van der Waals surface area contributed by atoms with Gasteiger partial charge in [0.1, 0.15) is 65.2 Å². The molecule has 10 N–H and O–H groups in total. The van der Waals surface area contributed by atoms with Gasteiger partial charge in [0.25, 0.3) is 0 Å². The summed E-state index contributed by atoms with van der Waals surface area (Å²) in [5.74, 6) is -3.33. The lowest BCUT2D eigenvalue weighted by Gasteiger charge is -2.42. The van der Waals surface area contributed by atoms with Crippen LogP contribution in [0.5, 0.6) is 28.7 Å². The number of hydrogen-bond donors (Lipinski definition) is 10.